The fraction of sp³-hybridized carbons (Fsp3) is 0.419. The molecule has 3 N–H and O–H groups in total. The minimum atomic E-state index is -0.932. The molecule has 0 unspecified atom stereocenters. The standard InChI is InChI=1S/C31H39N3O6/c35-28(32-20-18-24-12-4-1-5-13-24)22-26-16-8-9-17-27(30(37)39-21-11-3-10-19-33-29(26)36)34-31(38)40-23-25-14-6-2-7-15-25/h1-2,4-9,12-15,26-27H,3,10-11,16-23H2,(H,32,35)(H,33,36)(H,34,38)/b9-8-/t26-,27-/m1/s1. The van der Waals surface area contributed by atoms with Gasteiger partial charge in [-0.15, -0.1) is 0 Å². The monoisotopic (exact) mass is 549 g/mol. The van der Waals surface area contributed by atoms with Crippen LogP contribution >= 0.6 is 0 Å². The van der Waals surface area contributed by atoms with Gasteiger partial charge in [-0.2, -0.15) is 0 Å². The van der Waals surface area contributed by atoms with Crippen LogP contribution in [0.2, 0.25) is 0 Å². The summed E-state index contributed by atoms with van der Waals surface area (Å²) >= 11 is 0. The second kappa shape index (κ2) is 17.4. The molecule has 0 aliphatic carbocycles. The molecule has 0 saturated carbocycles. The summed E-state index contributed by atoms with van der Waals surface area (Å²) in [7, 11) is 0. The van der Waals surface area contributed by atoms with Crippen molar-refractivity contribution in [3.05, 3.63) is 83.9 Å². The van der Waals surface area contributed by atoms with E-state index in [-0.39, 0.29) is 37.9 Å². The van der Waals surface area contributed by atoms with Gasteiger partial charge in [0.1, 0.15) is 12.6 Å². The molecule has 9 heteroatoms. The molecule has 40 heavy (non-hydrogen) atoms. The van der Waals surface area contributed by atoms with Crippen molar-refractivity contribution in [1.29, 1.82) is 0 Å². The molecule has 9 nitrogen and oxygen atoms in total. The fourth-order valence-corrected chi connectivity index (χ4v) is 4.22. The van der Waals surface area contributed by atoms with Gasteiger partial charge in [0.25, 0.3) is 0 Å². The third-order valence-corrected chi connectivity index (χ3v) is 6.49. The Labute approximate surface area is 235 Å². The number of esters is 1. The van der Waals surface area contributed by atoms with Crippen molar-refractivity contribution in [3.8, 4) is 0 Å². The number of ether oxygens (including phenoxy) is 2. The molecular weight excluding hydrogens is 510 g/mol. The van der Waals surface area contributed by atoms with Gasteiger partial charge in [0, 0.05) is 19.5 Å². The first-order valence-electron chi connectivity index (χ1n) is 13.9. The molecule has 0 spiro atoms. The zero-order chi connectivity index (χ0) is 28.4. The van der Waals surface area contributed by atoms with Gasteiger partial charge >= 0.3 is 12.1 Å². The Bertz CT molecular complexity index is 1110. The third kappa shape index (κ3) is 11.7. The third-order valence-electron chi connectivity index (χ3n) is 6.49. The van der Waals surface area contributed by atoms with E-state index < -0.39 is 24.0 Å². The maximum absolute atomic E-state index is 12.9. The van der Waals surface area contributed by atoms with E-state index in [9.17, 15) is 19.2 Å². The zero-order valence-corrected chi connectivity index (χ0v) is 22.8. The highest BCUT2D eigenvalue weighted by Gasteiger charge is 2.23. The molecule has 214 valence electrons. The van der Waals surface area contributed by atoms with Crippen molar-refractivity contribution in [2.24, 2.45) is 5.92 Å². The van der Waals surface area contributed by atoms with Gasteiger partial charge in [0.2, 0.25) is 11.8 Å². The van der Waals surface area contributed by atoms with E-state index in [0.29, 0.717) is 32.4 Å². The topological polar surface area (TPSA) is 123 Å². The number of hydrogen-bond donors (Lipinski definition) is 3. The molecule has 2 aromatic carbocycles. The lowest BCUT2D eigenvalue weighted by molar-refractivity contribution is -0.146. The molecule has 0 aromatic heterocycles. The molecule has 2 atom stereocenters. The molecule has 2 aromatic rings. The molecule has 3 rings (SSSR count). The molecule has 3 amide bonds. The summed E-state index contributed by atoms with van der Waals surface area (Å²) in [6, 6.07) is 18.2. The number of amides is 3. The summed E-state index contributed by atoms with van der Waals surface area (Å²) in [6.07, 6.45) is 6.12. The molecule has 1 aliphatic heterocycles. The smallest absolute Gasteiger partial charge is 0.408 e. The lowest BCUT2D eigenvalue weighted by Crippen LogP contribution is -2.41. The van der Waals surface area contributed by atoms with Gasteiger partial charge in [-0.25, -0.2) is 9.59 Å². The number of benzene rings is 2. The van der Waals surface area contributed by atoms with E-state index in [0.717, 1.165) is 24.0 Å². The second-order valence-corrected chi connectivity index (χ2v) is 9.71. The van der Waals surface area contributed by atoms with Crippen molar-refractivity contribution < 1.29 is 28.7 Å². The van der Waals surface area contributed by atoms with Crippen molar-refractivity contribution >= 4 is 23.9 Å². The first kappa shape index (κ1) is 30.4. The Balaban J connectivity index is 1.55. The average molecular weight is 550 g/mol. The number of cyclic esters (lactones) is 1. The number of rotatable bonds is 8. The van der Waals surface area contributed by atoms with Crippen molar-refractivity contribution in [3.63, 3.8) is 0 Å². The van der Waals surface area contributed by atoms with E-state index in [4.69, 9.17) is 9.47 Å². The quantitative estimate of drug-likeness (QED) is 0.340. The largest absolute Gasteiger partial charge is 0.464 e. The van der Waals surface area contributed by atoms with Crippen LogP contribution in [0.25, 0.3) is 0 Å². The molecule has 1 heterocycles. The summed E-state index contributed by atoms with van der Waals surface area (Å²) in [5, 5.41) is 8.42. The molecule has 0 radical (unpaired) electrons. The predicted molar refractivity (Wildman–Crippen MR) is 151 cm³/mol. The van der Waals surface area contributed by atoms with Crippen LogP contribution in [0.5, 0.6) is 0 Å². The fourth-order valence-electron chi connectivity index (χ4n) is 4.22. The molecule has 1 aliphatic rings. The van der Waals surface area contributed by atoms with E-state index in [1.165, 1.54) is 0 Å². The number of allylic oxidation sites excluding steroid dienone is 1. The highest BCUT2D eigenvalue weighted by molar-refractivity contribution is 5.86. The van der Waals surface area contributed by atoms with Gasteiger partial charge < -0.3 is 25.4 Å². The van der Waals surface area contributed by atoms with E-state index >= 15 is 0 Å². The molecule has 0 saturated heterocycles. The van der Waals surface area contributed by atoms with Gasteiger partial charge in [-0.1, -0.05) is 72.8 Å². The first-order valence-corrected chi connectivity index (χ1v) is 13.9. The van der Waals surface area contributed by atoms with Crippen LogP contribution in [-0.4, -0.2) is 49.6 Å². The maximum Gasteiger partial charge on any atom is 0.408 e. The van der Waals surface area contributed by atoms with Crippen molar-refractivity contribution in [2.75, 3.05) is 19.7 Å². The lowest BCUT2D eigenvalue weighted by atomic mass is 9.98. The first-order chi connectivity index (χ1) is 19.5. The Kier molecular flexibility index (Phi) is 13.3. The van der Waals surface area contributed by atoms with Crippen molar-refractivity contribution in [2.45, 2.75) is 57.6 Å². The Hall–Kier alpha value is -4.14. The highest BCUT2D eigenvalue weighted by atomic mass is 16.6. The van der Waals surface area contributed by atoms with Crippen LogP contribution in [0.1, 0.15) is 49.7 Å². The minimum Gasteiger partial charge on any atom is -0.464 e. The van der Waals surface area contributed by atoms with E-state index in [2.05, 4.69) is 16.0 Å². The molecular formula is C31H39N3O6. The van der Waals surface area contributed by atoms with Crippen molar-refractivity contribution in [1.82, 2.24) is 16.0 Å². The maximum atomic E-state index is 12.9. The average Bonchev–Trinajstić information content (AvgIpc) is 2.97. The van der Waals surface area contributed by atoms with Crippen LogP contribution in [0.15, 0.2) is 72.8 Å². The number of nitrogens with one attached hydrogen (secondary N) is 3. The van der Waals surface area contributed by atoms with Crippen LogP contribution in [0.3, 0.4) is 0 Å². The SMILES string of the molecule is O=C(C[C@H]1C/C=C\C[C@@H](NC(=O)OCc2ccccc2)C(=O)OCCCCCNC1=O)NCCc1ccccc1. The molecule has 0 bridgehead atoms. The zero-order valence-electron chi connectivity index (χ0n) is 22.8. The highest BCUT2D eigenvalue weighted by Crippen LogP contribution is 2.13. The minimum absolute atomic E-state index is 0.0560. The van der Waals surface area contributed by atoms with Crippen LogP contribution in [-0.2, 0) is 36.9 Å². The van der Waals surface area contributed by atoms with Gasteiger partial charge in [0.05, 0.1) is 12.5 Å². The molecule has 0 fully saturated rings. The van der Waals surface area contributed by atoms with E-state index in [1.807, 2.05) is 60.7 Å². The summed E-state index contributed by atoms with van der Waals surface area (Å²) < 4.78 is 10.6. The number of hydrogen-bond acceptors (Lipinski definition) is 6. The van der Waals surface area contributed by atoms with Gasteiger partial charge in [-0.05, 0) is 49.7 Å². The lowest BCUT2D eigenvalue weighted by Gasteiger charge is -2.16. The summed E-state index contributed by atoms with van der Waals surface area (Å²) in [5.74, 6) is -1.46. The Morgan fingerprint density at radius 1 is 0.900 bits per heavy atom. The predicted octanol–water partition coefficient (Wildman–Crippen LogP) is 3.83. The second-order valence-electron chi connectivity index (χ2n) is 9.71. The number of alkyl carbamates (subject to hydrolysis) is 1. The normalized spacial score (nSPS) is 19.6. The van der Waals surface area contributed by atoms with Gasteiger partial charge in [0.15, 0.2) is 0 Å². The summed E-state index contributed by atoms with van der Waals surface area (Å²) in [6.45, 7) is 1.27. The number of carbonyl (C=O) groups excluding carboxylic acids is 4. The Morgan fingerprint density at radius 2 is 1.60 bits per heavy atom. The van der Waals surface area contributed by atoms with Crippen LogP contribution < -0.4 is 16.0 Å². The number of carbonyl (C=O) groups is 4. The van der Waals surface area contributed by atoms with Gasteiger partial charge in [-0.3, -0.25) is 9.59 Å². The van der Waals surface area contributed by atoms with Crippen LogP contribution in [0.4, 0.5) is 4.79 Å². The van der Waals surface area contributed by atoms with Crippen LogP contribution in [0, 0.1) is 5.92 Å². The Morgan fingerprint density at radius 3 is 2.35 bits per heavy atom. The van der Waals surface area contributed by atoms with E-state index in [1.54, 1.807) is 12.2 Å². The summed E-state index contributed by atoms with van der Waals surface area (Å²) in [4.78, 5) is 50.5. The summed E-state index contributed by atoms with van der Waals surface area (Å²) in [5.41, 5.74) is 1.96.